The maximum Gasteiger partial charge on any atom is 0.248 e. The summed E-state index contributed by atoms with van der Waals surface area (Å²) in [5.74, 6) is -0.0440. The van der Waals surface area contributed by atoms with Gasteiger partial charge in [-0.2, -0.15) is 5.10 Å². The van der Waals surface area contributed by atoms with Gasteiger partial charge in [0.05, 0.1) is 5.69 Å². The van der Waals surface area contributed by atoms with Crippen molar-refractivity contribution in [2.45, 2.75) is 46.6 Å². The molecule has 18 heavy (non-hydrogen) atoms. The summed E-state index contributed by atoms with van der Waals surface area (Å²) in [5, 5.41) is 9.99. The van der Waals surface area contributed by atoms with Crippen molar-refractivity contribution in [3.63, 3.8) is 0 Å². The molecule has 5 heteroatoms. The maximum absolute atomic E-state index is 11.6. The van der Waals surface area contributed by atoms with E-state index in [0.29, 0.717) is 13.2 Å². The first-order valence-electron chi connectivity index (χ1n) is 6.46. The SMILES string of the molecule is CCO[C@@H](C)C(=O)NCCCc1c(C)n[nH]c1C. The number of rotatable bonds is 7. The molecule has 1 aromatic rings. The van der Waals surface area contributed by atoms with Gasteiger partial charge in [-0.1, -0.05) is 0 Å². The molecule has 0 fully saturated rings. The fourth-order valence-corrected chi connectivity index (χ4v) is 1.89. The number of hydrogen-bond donors (Lipinski definition) is 2. The molecule has 0 saturated carbocycles. The second-order valence-corrected chi connectivity index (χ2v) is 4.40. The first-order chi connectivity index (χ1) is 8.56. The molecule has 0 aliphatic heterocycles. The Labute approximate surface area is 108 Å². The summed E-state index contributed by atoms with van der Waals surface area (Å²) in [4.78, 5) is 11.6. The molecule has 0 aliphatic carbocycles. The number of hydrogen-bond acceptors (Lipinski definition) is 3. The first-order valence-corrected chi connectivity index (χ1v) is 6.46. The normalized spacial score (nSPS) is 12.4. The number of nitrogens with one attached hydrogen (secondary N) is 2. The monoisotopic (exact) mass is 253 g/mol. The Hall–Kier alpha value is -1.36. The Kier molecular flexibility index (Phi) is 5.85. The molecule has 1 atom stereocenters. The number of amides is 1. The molecule has 1 heterocycles. The van der Waals surface area contributed by atoms with Gasteiger partial charge in [0.15, 0.2) is 0 Å². The van der Waals surface area contributed by atoms with Crippen LogP contribution in [0.25, 0.3) is 0 Å². The van der Waals surface area contributed by atoms with Gasteiger partial charge in [0.2, 0.25) is 5.91 Å². The van der Waals surface area contributed by atoms with E-state index in [4.69, 9.17) is 4.74 Å². The molecule has 0 spiro atoms. The molecular formula is C13H23N3O2. The Morgan fingerprint density at radius 1 is 1.50 bits per heavy atom. The molecule has 0 aromatic carbocycles. The lowest BCUT2D eigenvalue weighted by molar-refractivity contribution is -0.131. The predicted octanol–water partition coefficient (Wildman–Crippen LogP) is 1.50. The molecular weight excluding hydrogens is 230 g/mol. The van der Waals surface area contributed by atoms with Crippen molar-refractivity contribution in [3.05, 3.63) is 17.0 Å². The summed E-state index contributed by atoms with van der Waals surface area (Å²) in [7, 11) is 0. The van der Waals surface area contributed by atoms with Crippen LogP contribution in [0, 0.1) is 13.8 Å². The molecule has 0 unspecified atom stereocenters. The molecule has 1 rings (SSSR count). The Morgan fingerprint density at radius 2 is 2.22 bits per heavy atom. The predicted molar refractivity (Wildman–Crippen MR) is 70.5 cm³/mol. The van der Waals surface area contributed by atoms with E-state index in [9.17, 15) is 4.79 Å². The highest BCUT2D eigenvalue weighted by molar-refractivity contribution is 5.80. The third kappa shape index (κ3) is 4.14. The number of aromatic amines is 1. The van der Waals surface area contributed by atoms with Gasteiger partial charge in [0, 0.05) is 18.8 Å². The average Bonchev–Trinajstić information content (AvgIpc) is 2.65. The zero-order valence-electron chi connectivity index (χ0n) is 11.7. The standard InChI is InChI=1S/C13H23N3O2/c1-5-18-11(4)13(17)14-8-6-7-12-9(2)15-16-10(12)3/h11H,5-8H2,1-4H3,(H,14,17)(H,15,16)/t11-/m0/s1. The number of ether oxygens (including phenoxy) is 1. The Balaban J connectivity index is 2.25. The van der Waals surface area contributed by atoms with Gasteiger partial charge in [-0.05, 0) is 46.1 Å². The summed E-state index contributed by atoms with van der Waals surface area (Å²) in [6, 6.07) is 0. The van der Waals surface area contributed by atoms with Crippen LogP contribution in [0.3, 0.4) is 0 Å². The van der Waals surface area contributed by atoms with Crippen molar-refractivity contribution >= 4 is 5.91 Å². The van der Waals surface area contributed by atoms with Crippen molar-refractivity contribution in [1.29, 1.82) is 0 Å². The number of H-pyrrole nitrogens is 1. The molecule has 0 saturated heterocycles. The van der Waals surface area contributed by atoms with Crippen LogP contribution in [0.5, 0.6) is 0 Å². The number of nitrogens with zero attached hydrogens (tertiary/aromatic N) is 1. The van der Waals surface area contributed by atoms with Gasteiger partial charge in [-0.25, -0.2) is 0 Å². The summed E-state index contributed by atoms with van der Waals surface area (Å²) < 4.78 is 5.22. The van der Waals surface area contributed by atoms with Gasteiger partial charge in [0.25, 0.3) is 0 Å². The lowest BCUT2D eigenvalue weighted by Crippen LogP contribution is -2.35. The summed E-state index contributed by atoms with van der Waals surface area (Å²) in [6.07, 6.45) is 1.47. The highest BCUT2D eigenvalue weighted by atomic mass is 16.5. The summed E-state index contributed by atoms with van der Waals surface area (Å²) in [5.41, 5.74) is 3.41. The zero-order chi connectivity index (χ0) is 13.5. The van der Waals surface area contributed by atoms with E-state index in [1.54, 1.807) is 6.92 Å². The van der Waals surface area contributed by atoms with Crippen LogP contribution < -0.4 is 5.32 Å². The van der Waals surface area contributed by atoms with Crippen LogP contribution in [-0.2, 0) is 16.0 Å². The largest absolute Gasteiger partial charge is 0.369 e. The van der Waals surface area contributed by atoms with Crippen LogP contribution in [0.1, 0.15) is 37.2 Å². The number of aromatic nitrogens is 2. The molecule has 0 radical (unpaired) electrons. The molecule has 1 aromatic heterocycles. The third-order valence-corrected chi connectivity index (χ3v) is 2.97. The van der Waals surface area contributed by atoms with E-state index >= 15 is 0 Å². The second-order valence-electron chi connectivity index (χ2n) is 4.40. The van der Waals surface area contributed by atoms with Gasteiger partial charge in [0.1, 0.15) is 6.10 Å². The highest BCUT2D eigenvalue weighted by Gasteiger charge is 2.11. The fraction of sp³-hybridized carbons (Fsp3) is 0.692. The van der Waals surface area contributed by atoms with E-state index in [1.165, 1.54) is 5.56 Å². The van der Waals surface area contributed by atoms with Crippen molar-refractivity contribution < 1.29 is 9.53 Å². The second kappa shape index (κ2) is 7.16. The van der Waals surface area contributed by atoms with E-state index in [2.05, 4.69) is 15.5 Å². The Bertz CT molecular complexity index is 368. The number of carbonyl (C=O) groups is 1. The molecule has 1 amide bonds. The molecule has 0 aliphatic rings. The minimum absolute atomic E-state index is 0.0440. The number of aryl methyl sites for hydroxylation is 2. The molecule has 5 nitrogen and oxygen atoms in total. The van der Waals surface area contributed by atoms with Crippen molar-refractivity contribution in [3.8, 4) is 0 Å². The van der Waals surface area contributed by atoms with Crippen LogP contribution in [0.4, 0.5) is 0 Å². The Morgan fingerprint density at radius 3 is 2.78 bits per heavy atom. The lowest BCUT2D eigenvalue weighted by atomic mass is 10.1. The topological polar surface area (TPSA) is 67.0 Å². The van der Waals surface area contributed by atoms with Crippen LogP contribution in [0.15, 0.2) is 0 Å². The lowest BCUT2D eigenvalue weighted by Gasteiger charge is -2.11. The smallest absolute Gasteiger partial charge is 0.248 e. The van der Waals surface area contributed by atoms with E-state index < -0.39 is 0 Å². The molecule has 102 valence electrons. The van der Waals surface area contributed by atoms with E-state index in [1.807, 2.05) is 20.8 Å². The van der Waals surface area contributed by atoms with E-state index in [-0.39, 0.29) is 12.0 Å². The third-order valence-electron chi connectivity index (χ3n) is 2.97. The van der Waals surface area contributed by atoms with Crippen molar-refractivity contribution in [2.75, 3.05) is 13.2 Å². The summed E-state index contributed by atoms with van der Waals surface area (Å²) in [6.45, 7) is 8.89. The number of carbonyl (C=O) groups excluding carboxylic acids is 1. The van der Waals surface area contributed by atoms with Crippen molar-refractivity contribution in [2.24, 2.45) is 0 Å². The van der Waals surface area contributed by atoms with E-state index in [0.717, 1.165) is 24.2 Å². The molecule has 0 bridgehead atoms. The fourth-order valence-electron chi connectivity index (χ4n) is 1.89. The van der Waals surface area contributed by atoms with Gasteiger partial charge >= 0.3 is 0 Å². The minimum atomic E-state index is -0.368. The van der Waals surface area contributed by atoms with Crippen LogP contribution in [-0.4, -0.2) is 35.4 Å². The minimum Gasteiger partial charge on any atom is -0.369 e. The van der Waals surface area contributed by atoms with Crippen LogP contribution in [0.2, 0.25) is 0 Å². The van der Waals surface area contributed by atoms with Gasteiger partial charge in [-0.3, -0.25) is 9.89 Å². The average molecular weight is 253 g/mol. The van der Waals surface area contributed by atoms with Crippen LogP contribution >= 0.6 is 0 Å². The molecule has 2 N–H and O–H groups in total. The van der Waals surface area contributed by atoms with Crippen molar-refractivity contribution in [1.82, 2.24) is 15.5 Å². The zero-order valence-corrected chi connectivity index (χ0v) is 11.7. The highest BCUT2D eigenvalue weighted by Crippen LogP contribution is 2.11. The summed E-state index contributed by atoms with van der Waals surface area (Å²) >= 11 is 0. The quantitative estimate of drug-likeness (QED) is 0.724. The van der Waals surface area contributed by atoms with Gasteiger partial charge < -0.3 is 10.1 Å². The maximum atomic E-state index is 11.6. The van der Waals surface area contributed by atoms with Gasteiger partial charge in [-0.15, -0.1) is 0 Å². The first kappa shape index (κ1) is 14.7.